The van der Waals surface area contributed by atoms with E-state index in [1.165, 1.54) is 6.07 Å². The number of nitrogens with one attached hydrogen (secondary N) is 1. The van der Waals surface area contributed by atoms with Crippen LogP contribution in [0, 0.1) is 0 Å². The first-order chi connectivity index (χ1) is 7.52. The lowest BCUT2D eigenvalue weighted by atomic mass is 10.1. The molecule has 0 radical (unpaired) electrons. The number of nitrogens with two attached hydrogens (primary N) is 1. The smallest absolute Gasteiger partial charge is 0.337 e. The fourth-order valence-corrected chi connectivity index (χ4v) is 1.65. The van der Waals surface area contributed by atoms with Crippen LogP contribution in [0.5, 0.6) is 0 Å². The number of anilines is 2. The van der Waals surface area contributed by atoms with Gasteiger partial charge in [0.2, 0.25) is 0 Å². The van der Waals surface area contributed by atoms with Gasteiger partial charge in [-0.2, -0.15) is 0 Å². The van der Waals surface area contributed by atoms with Crippen LogP contribution >= 0.6 is 0 Å². The zero-order chi connectivity index (χ0) is 12.1. The number of carboxylic acid groups (broad SMARTS) is 1. The van der Waals surface area contributed by atoms with E-state index in [4.69, 9.17) is 10.8 Å². The van der Waals surface area contributed by atoms with E-state index in [9.17, 15) is 9.00 Å². The SMILES string of the molecule is CS(=O)CCNc1c(N)cccc1C(=O)O. The molecule has 0 saturated heterocycles. The van der Waals surface area contributed by atoms with Crippen LogP contribution in [-0.2, 0) is 10.8 Å². The van der Waals surface area contributed by atoms with Crippen molar-refractivity contribution in [1.82, 2.24) is 0 Å². The molecule has 4 N–H and O–H groups in total. The summed E-state index contributed by atoms with van der Waals surface area (Å²) in [5.74, 6) is -0.583. The lowest BCUT2D eigenvalue weighted by Crippen LogP contribution is -2.14. The zero-order valence-electron chi connectivity index (χ0n) is 8.90. The van der Waals surface area contributed by atoms with Crippen LogP contribution in [0.15, 0.2) is 18.2 Å². The molecule has 0 amide bonds. The molecule has 0 bridgehead atoms. The number of benzene rings is 1. The second kappa shape index (κ2) is 5.50. The summed E-state index contributed by atoms with van der Waals surface area (Å²) in [7, 11) is -0.914. The van der Waals surface area contributed by atoms with Crippen molar-refractivity contribution in [2.45, 2.75) is 0 Å². The maximum atomic E-state index is 10.9. The molecule has 0 saturated carbocycles. The van der Waals surface area contributed by atoms with E-state index in [0.717, 1.165) is 0 Å². The van der Waals surface area contributed by atoms with Crippen LogP contribution in [-0.4, -0.2) is 33.8 Å². The minimum Gasteiger partial charge on any atom is -0.478 e. The molecule has 1 aromatic rings. The van der Waals surface area contributed by atoms with E-state index >= 15 is 0 Å². The van der Waals surface area contributed by atoms with Gasteiger partial charge in [-0.15, -0.1) is 0 Å². The Balaban J connectivity index is 2.84. The Hall–Kier alpha value is -1.56. The van der Waals surface area contributed by atoms with Crippen molar-refractivity contribution in [2.24, 2.45) is 0 Å². The maximum absolute atomic E-state index is 10.9. The van der Waals surface area contributed by atoms with Crippen molar-refractivity contribution >= 4 is 28.1 Å². The monoisotopic (exact) mass is 242 g/mol. The topological polar surface area (TPSA) is 92.4 Å². The van der Waals surface area contributed by atoms with E-state index in [1.807, 2.05) is 0 Å². The quantitative estimate of drug-likeness (QED) is 0.663. The Kier molecular flexibility index (Phi) is 4.30. The Morgan fingerprint density at radius 2 is 2.25 bits per heavy atom. The van der Waals surface area contributed by atoms with Crippen molar-refractivity contribution in [2.75, 3.05) is 29.6 Å². The molecule has 1 aromatic carbocycles. The van der Waals surface area contributed by atoms with Gasteiger partial charge in [0.15, 0.2) is 0 Å². The lowest BCUT2D eigenvalue weighted by molar-refractivity contribution is 0.0698. The Bertz CT molecular complexity index is 421. The molecule has 88 valence electrons. The van der Waals surface area contributed by atoms with Gasteiger partial charge in [-0.25, -0.2) is 4.79 Å². The predicted molar refractivity (Wildman–Crippen MR) is 65.2 cm³/mol. The molecule has 5 nitrogen and oxygen atoms in total. The molecule has 0 spiro atoms. The van der Waals surface area contributed by atoms with Crippen LogP contribution in [0.4, 0.5) is 11.4 Å². The summed E-state index contributed by atoms with van der Waals surface area (Å²) in [5.41, 5.74) is 6.57. The highest BCUT2D eigenvalue weighted by Crippen LogP contribution is 2.23. The number of hydrogen-bond acceptors (Lipinski definition) is 4. The third-order valence-corrected chi connectivity index (χ3v) is 2.80. The number of para-hydroxylation sites is 1. The van der Waals surface area contributed by atoms with Crippen LogP contribution in [0.3, 0.4) is 0 Å². The fourth-order valence-electron chi connectivity index (χ4n) is 1.27. The van der Waals surface area contributed by atoms with Gasteiger partial charge >= 0.3 is 5.97 Å². The maximum Gasteiger partial charge on any atom is 0.337 e. The van der Waals surface area contributed by atoms with Gasteiger partial charge in [-0.1, -0.05) is 6.07 Å². The first-order valence-electron chi connectivity index (χ1n) is 4.68. The van der Waals surface area contributed by atoms with E-state index < -0.39 is 16.8 Å². The zero-order valence-corrected chi connectivity index (χ0v) is 9.71. The predicted octanol–water partition coefficient (Wildman–Crippen LogP) is 0.757. The second-order valence-electron chi connectivity index (χ2n) is 3.28. The van der Waals surface area contributed by atoms with E-state index in [2.05, 4.69) is 5.32 Å². The highest BCUT2D eigenvalue weighted by atomic mass is 32.2. The molecule has 0 aromatic heterocycles. The summed E-state index contributed by atoms with van der Waals surface area (Å²) in [6, 6.07) is 4.68. The van der Waals surface area contributed by atoms with Crippen molar-refractivity contribution in [3.63, 3.8) is 0 Å². The third-order valence-electron chi connectivity index (χ3n) is 2.02. The highest BCUT2D eigenvalue weighted by molar-refractivity contribution is 7.84. The Labute approximate surface area is 96.1 Å². The van der Waals surface area contributed by atoms with Gasteiger partial charge in [0.25, 0.3) is 0 Å². The standard InChI is InChI=1S/C10H14N2O3S/c1-16(15)6-5-12-9-7(10(13)14)3-2-4-8(9)11/h2-4,12H,5-6,11H2,1H3,(H,13,14). The molecule has 0 aliphatic heterocycles. The first-order valence-corrected chi connectivity index (χ1v) is 6.40. The number of hydrogen-bond donors (Lipinski definition) is 3. The van der Waals surface area contributed by atoms with Crippen LogP contribution in [0.2, 0.25) is 0 Å². The van der Waals surface area contributed by atoms with E-state index in [0.29, 0.717) is 23.7 Å². The van der Waals surface area contributed by atoms with Gasteiger partial charge in [0, 0.05) is 29.4 Å². The summed E-state index contributed by atoms with van der Waals surface area (Å²) in [6.07, 6.45) is 1.59. The number of carbonyl (C=O) groups is 1. The van der Waals surface area contributed by atoms with Crippen LogP contribution < -0.4 is 11.1 Å². The summed E-state index contributed by atoms with van der Waals surface area (Å²) >= 11 is 0. The van der Waals surface area contributed by atoms with Crippen LogP contribution in [0.25, 0.3) is 0 Å². The molecular formula is C10H14N2O3S. The van der Waals surface area contributed by atoms with E-state index in [-0.39, 0.29) is 5.56 Å². The minimum atomic E-state index is -1.03. The van der Waals surface area contributed by atoms with Crippen LogP contribution in [0.1, 0.15) is 10.4 Å². The molecule has 1 rings (SSSR count). The largest absolute Gasteiger partial charge is 0.478 e. The average molecular weight is 242 g/mol. The van der Waals surface area contributed by atoms with E-state index in [1.54, 1.807) is 18.4 Å². The molecule has 6 heteroatoms. The van der Waals surface area contributed by atoms with Gasteiger partial charge in [-0.05, 0) is 12.1 Å². The number of carboxylic acids is 1. The molecule has 0 aliphatic carbocycles. The summed E-state index contributed by atoms with van der Waals surface area (Å²) in [6.45, 7) is 0.428. The molecule has 0 fully saturated rings. The van der Waals surface area contributed by atoms with Gasteiger partial charge in [0.05, 0.1) is 16.9 Å². The Morgan fingerprint density at radius 1 is 1.56 bits per heavy atom. The van der Waals surface area contributed by atoms with Crippen molar-refractivity contribution in [3.05, 3.63) is 23.8 Å². The minimum absolute atomic E-state index is 0.127. The normalized spacial score (nSPS) is 12.1. The summed E-state index contributed by atoms with van der Waals surface area (Å²) in [4.78, 5) is 10.9. The first kappa shape index (κ1) is 12.5. The molecule has 0 aliphatic rings. The molecule has 1 unspecified atom stereocenters. The number of rotatable bonds is 5. The number of aromatic carboxylic acids is 1. The molecule has 16 heavy (non-hydrogen) atoms. The highest BCUT2D eigenvalue weighted by Gasteiger charge is 2.11. The summed E-state index contributed by atoms with van der Waals surface area (Å²) in [5, 5.41) is 11.8. The second-order valence-corrected chi connectivity index (χ2v) is 4.83. The average Bonchev–Trinajstić information content (AvgIpc) is 2.19. The third kappa shape index (κ3) is 3.23. The van der Waals surface area contributed by atoms with Gasteiger partial charge < -0.3 is 16.2 Å². The summed E-state index contributed by atoms with van der Waals surface area (Å²) < 4.78 is 10.9. The molecular weight excluding hydrogens is 228 g/mol. The van der Waals surface area contributed by atoms with Crippen molar-refractivity contribution in [1.29, 1.82) is 0 Å². The van der Waals surface area contributed by atoms with Gasteiger partial charge in [-0.3, -0.25) is 4.21 Å². The lowest BCUT2D eigenvalue weighted by Gasteiger charge is -2.11. The number of nitrogen functional groups attached to an aromatic ring is 1. The Morgan fingerprint density at radius 3 is 2.81 bits per heavy atom. The molecule has 0 heterocycles. The fraction of sp³-hybridized carbons (Fsp3) is 0.300. The molecule has 1 atom stereocenters. The van der Waals surface area contributed by atoms with Gasteiger partial charge in [0.1, 0.15) is 0 Å². The van der Waals surface area contributed by atoms with Crippen molar-refractivity contribution in [3.8, 4) is 0 Å². The van der Waals surface area contributed by atoms with Crippen molar-refractivity contribution < 1.29 is 14.1 Å².